The number of hydrogen-bond donors (Lipinski definition) is 1. The highest BCUT2D eigenvalue weighted by Crippen LogP contribution is 2.43. The minimum atomic E-state index is -1.58. The molecule has 1 spiro atoms. The highest BCUT2D eigenvalue weighted by Gasteiger charge is 2.40. The number of carbonyl (C=O) groups excluding carboxylic acids is 1. The first-order chi connectivity index (χ1) is 14.3. The standard InChI is InChI=1S/C21H19ClF3NO3S/c22-15-2-1-12(20(27)26-13-10-16(23)19(25)17(24)11-13)9-18(15)30-14-3-5-21(6-4-14)28-7-8-29-21/h1-2,9-11,14H,3-8H2,(H,26,27). The minimum Gasteiger partial charge on any atom is -0.348 e. The first-order valence-electron chi connectivity index (χ1n) is 9.55. The maximum Gasteiger partial charge on any atom is 0.255 e. The lowest BCUT2D eigenvalue weighted by Gasteiger charge is -2.35. The van der Waals surface area contributed by atoms with Crippen LogP contribution in [0.25, 0.3) is 0 Å². The Hall–Kier alpha value is -1.74. The number of ether oxygens (including phenoxy) is 2. The van der Waals surface area contributed by atoms with Crippen molar-refractivity contribution in [3.63, 3.8) is 0 Å². The van der Waals surface area contributed by atoms with E-state index in [2.05, 4.69) is 5.32 Å². The molecule has 2 aromatic rings. The van der Waals surface area contributed by atoms with Crippen molar-refractivity contribution >= 4 is 35.0 Å². The van der Waals surface area contributed by atoms with Gasteiger partial charge in [-0.1, -0.05) is 11.6 Å². The first-order valence-corrected chi connectivity index (χ1v) is 10.8. The van der Waals surface area contributed by atoms with Gasteiger partial charge >= 0.3 is 0 Å². The molecule has 2 aliphatic rings. The maximum absolute atomic E-state index is 13.4. The van der Waals surface area contributed by atoms with E-state index in [1.54, 1.807) is 23.9 Å². The molecule has 1 saturated heterocycles. The summed E-state index contributed by atoms with van der Waals surface area (Å²) < 4.78 is 51.3. The van der Waals surface area contributed by atoms with Crippen molar-refractivity contribution in [3.05, 3.63) is 58.4 Å². The van der Waals surface area contributed by atoms with E-state index in [1.165, 1.54) is 6.07 Å². The van der Waals surface area contributed by atoms with E-state index in [0.29, 0.717) is 23.5 Å². The number of carbonyl (C=O) groups is 1. The van der Waals surface area contributed by atoms with Gasteiger partial charge in [0.15, 0.2) is 23.2 Å². The van der Waals surface area contributed by atoms with Gasteiger partial charge in [0, 0.05) is 46.4 Å². The van der Waals surface area contributed by atoms with Crippen molar-refractivity contribution in [2.75, 3.05) is 18.5 Å². The van der Waals surface area contributed by atoms with E-state index in [0.717, 1.165) is 42.7 Å². The average Bonchev–Trinajstić information content (AvgIpc) is 3.17. The molecule has 2 fully saturated rings. The molecule has 1 aliphatic carbocycles. The fourth-order valence-electron chi connectivity index (χ4n) is 3.68. The Morgan fingerprint density at radius 1 is 1.07 bits per heavy atom. The smallest absolute Gasteiger partial charge is 0.255 e. The molecule has 0 bridgehead atoms. The van der Waals surface area contributed by atoms with Gasteiger partial charge in [-0.25, -0.2) is 13.2 Å². The molecule has 1 amide bonds. The van der Waals surface area contributed by atoms with Crippen LogP contribution in [0, 0.1) is 17.5 Å². The van der Waals surface area contributed by atoms with E-state index < -0.39 is 29.1 Å². The summed E-state index contributed by atoms with van der Waals surface area (Å²) in [5, 5.41) is 3.20. The molecular formula is C21H19ClF3NO3S. The summed E-state index contributed by atoms with van der Waals surface area (Å²) >= 11 is 7.90. The molecule has 30 heavy (non-hydrogen) atoms. The molecule has 0 aromatic heterocycles. The summed E-state index contributed by atoms with van der Waals surface area (Å²) in [5.74, 6) is -5.34. The van der Waals surface area contributed by atoms with Gasteiger partial charge in [-0.05, 0) is 31.0 Å². The van der Waals surface area contributed by atoms with Crippen LogP contribution in [0.15, 0.2) is 35.2 Å². The van der Waals surface area contributed by atoms with Gasteiger partial charge in [0.1, 0.15) is 0 Å². The van der Waals surface area contributed by atoms with Gasteiger partial charge in [-0.3, -0.25) is 4.79 Å². The number of benzene rings is 2. The third kappa shape index (κ3) is 4.61. The van der Waals surface area contributed by atoms with Gasteiger partial charge in [0.25, 0.3) is 5.91 Å². The normalized spacial score (nSPS) is 18.7. The Balaban J connectivity index is 1.43. The highest BCUT2D eigenvalue weighted by atomic mass is 35.5. The maximum atomic E-state index is 13.4. The molecule has 0 radical (unpaired) electrons. The van der Waals surface area contributed by atoms with Gasteiger partial charge in [0.05, 0.1) is 18.2 Å². The van der Waals surface area contributed by atoms with Crippen LogP contribution < -0.4 is 5.32 Å². The van der Waals surface area contributed by atoms with Gasteiger partial charge < -0.3 is 14.8 Å². The average molecular weight is 458 g/mol. The molecular weight excluding hydrogens is 439 g/mol. The van der Waals surface area contributed by atoms with Crippen molar-refractivity contribution in [3.8, 4) is 0 Å². The molecule has 1 aliphatic heterocycles. The number of rotatable bonds is 4. The van der Waals surface area contributed by atoms with E-state index in [9.17, 15) is 18.0 Å². The number of hydrogen-bond acceptors (Lipinski definition) is 4. The van der Waals surface area contributed by atoms with Crippen molar-refractivity contribution in [2.24, 2.45) is 0 Å². The van der Waals surface area contributed by atoms with Crippen LogP contribution in [0.5, 0.6) is 0 Å². The zero-order chi connectivity index (χ0) is 21.3. The molecule has 0 unspecified atom stereocenters. The van der Waals surface area contributed by atoms with Crippen molar-refractivity contribution in [1.29, 1.82) is 0 Å². The summed E-state index contributed by atoms with van der Waals surface area (Å²) in [4.78, 5) is 13.3. The molecule has 160 valence electrons. The quantitative estimate of drug-likeness (QED) is 0.590. The first kappa shape index (κ1) is 21.5. The molecule has 4 rings (SSSR count). The predicted molar refractivity (Wildman–Crippen MR) is 108 cm³/mol. The summed E-state index contributed by atoms with van der Waals surface area (Å²) in [6.45, 7) is 1.26. The second-order valence-electron chi connectivity index (χ2n) is 7.28. The second-order valence-corrected chi connectivity index (χ2v) is 9.03. The SMILES string of the molecule is O=C(Nc1cc(F)c(F)c(F)c1)c1ccc(Cl)c(SC2CCC3(CC2)OCCO3)c1. The molecule has 0 atom stereocenters. The minimum absolute atomic E-state index is 0.172. The third-order valence-corrected chi connectivity index (χ3v) is 7.07. The molecule has 1 heterocycles. The lowest BCUT2D eigenvalue weighted by atomic mass is 9.94. The fraction of sp³-hybridized carbons (Fsp3) is 0.381. The number of nitrogens with one attached hydrogen (secondary N) is 1. The van der Waals surface area contributed by atoms with Gasteiger partial charge in [0.2, 0.25) is 0 Å². The summed E-state index contributed by atoms with van der Waals surface area (Å²) in [7, 11) is 0. The number of halogens is 4. The Labute approximate surface area is 181 Å². The van der Waals surface area contributed by atoms with Gasteiger partial charge in [-0.15, -0.1) is 11.8 Å². The van der Waals surface area contributed by atoms with E-state index in [1.807, 2.05) is 0 Å². The second kappa shape index (κ2) is 8.78. The zero-order valence-electron chi connectivity index (χ0n) is 15.9. The van der Waals surface area contributed by atoms with Gasteiger partial charge in [-0.2, -0.15) is 0 Å². The van der Waals surface area contributed by atoms with Crippen LogP contribution >= 0.6 is 23.4 Å². The molecule has 4 nitrogen and oxygen atoms in total. The Kier molecular flexibility index (Phi) is 6.29. The van der Waals surface area contributed by atoms with E-state index >= 15 is 0 Å². The van der Waals surface area contributed by atoms with Crippen LogP contribution in [0.4, 0.5) is 18.9 Å². The lowest BCUT2D eigenvalue weighted by Crippen LogP contribution is -2.35. The lowest BCUT2D eigenvalue weighted by molar-refractivity contribution is -0.175. The molecule has 9 heteroatoms. The molecule has 1 N–H and O–H groups in total. The summed E-state index contributed by atoms with van der Waals surface area (Å²) in [6.07, 6.45) is 3.41. The Morgan fingerprint density at radius 3 is 2.33 bits per heavy atom. The number of thioether (sulfide) groups is 1. The van der Waals surface area contributed by atoms with Crippen LogP contribution in [0.2, 0.25) is 5.02 Å². The monoisotopic (exact) mass is 457 g/mol. The van der Waals surface area contributed by atoms with Crippen molar-refractivity contribution in [1.82, 2.24) is 0 Å². The van der Waals surface area contributed by atoms with Crippen LogP contribution in [0.1, 0.15) is 36.0 Å². The highest BCUT2D eigenvalue weighted by molar-refractivity contribution is 8.00. The van der Waals surface area contributed by atoms with E-state index in [4.69, 9.17) is 21.1 Å². The predicted octanol–water partition coefficient (Wildman–Crippen LogP) is 5.79. The van der Waals surface area contributed by atoms with Crippen molar-refractivity contribution < 1.29 is 27.4 Å². The summed E-state index contributed by atoms with van der Waals surface area (Å²) in [6, 6.07) is 6.23. The number of amides is 1. The Morgan fingerprint density at radius 2 is 1.70 bits per heavy atom. The summed E-state index contributed by atoms with van der Waals surface area (Å²) in [5.41, 5.74) is 0.108. The third-order valence-electron chi connectivity index (χ3n) is 5.24. The Bertz CT molecular complexity index is 936. The number of anilines is 1. The fourth-order valence-corrected chi connectivity index (χ4v) is 5.14. The van der Waals surface area contributed by atoms with Crippen molar-refractivity contribution in [2.45, 2.75) is 41.6 Å². The molecule has 1 saturated carbocycles. The van der Waals surface area contributed by atoms with Crippen LogP contribution in [-0.4, -0.2) is 30.2 Å². The largest absolute Gasteiger partial charge is 0.348 e. The van der Waals surface area contributed by atoms with Crippen LogP contribution in [-0.2, 0) is 9.47 Å². The molecule has 2 aromatic carbocycles. The topological polar surface area (TPSA) is 47.6 Å². The van der Waals surface area contributed by atoms with E-state index in [-0.39, 0.29) is 11.3 Å². The zero-order valence-corrected chi connectivity index (χ0v) is 17.4. The van der Waals surface area contributed by atoms with Crippen LogP contribution in [0.3, 0.4) is 0 Å².